The number of halogens is 2. The van der Waals surface area contributed by atoms with E-state index in [0.717, 1.165) is 5.56 Å². The molecule has 3 aromatic rings. The maximum atomic E-state index is 12.9. The largest absolute Gasteiger partial charge is 0.497 e. The van der Waals surface area contributed by atoms with Crippen LogP contribution in [0.3, 0.4) is 0 Å². The van der Waals surface area contributed by atoms with Crippen LogP contribution in [0.5, 0.6) is 11.5 Å². The number of anilines is 1. The van der Waals surface area contributed by atoms with Gasteiger partial charge in [-0.15, -0.1) is 0 Å². The molecule has 0 aliphatic carbocycles. The lowest BCUT2D eigenvalue weighted by Gasteiger charge is -2.18. The first-order valence-electron chi connectivity index (χ1n) is 9.94. The quantitative estimate of drug-likeness (QED) is 0.449. The van der Waals surface area contributed by atoms with Crippen molar-refractivity contribution in [3.63, 3.8) is 0 Å². The minimum Gasteiger partial charge on any atom is -0.497 e. The van der Waals surface area contributed by atoms with Gasteiger partial charge in [-0.2, -0.15) is 8.78 Å². The van der Waals surface area contributed by atoms with Crippen LogP contribution in [-0.2, 0) is 6.42 Å². The standard InChI is InChI=1S/C24H24F2N2O4/c1-31-20-10-7-17(8-11-20)21-14-18(9-12-22(21)32-23(25)26)27-24(30)28-19(15-29)13-16-5-3-2-4-6-16/h2-12,14,19,23,29H,13,15H2,1H3,(H2,27,28,30). The number of hydrogen-bond acceptors (Lipinski definition) is 4. The summed E-state index contributed by atoms with van der Waals surface area (Å²) in [5.74, 6) is 0.598. The van der Waals surface area contributed by atoms with E-state index in [0.29, 0.717) is 29.0 Å². The predicted molar refractivity (Wildman–Crippen MR) is 118 cm³/mol. The Hall–Kier alpha value is -3.65. The van der Waals surface area contributed by atoms with Gasteiger partial charge in [0.15, 0.2) is 0 Å². The third-order valence-corrected chi connectivity index (χ3v) is 4.74. The van der Waals surface area contributed by atoms with Crippen molar-refractivity contribution < 1.29 is 28.2 Å². The number of alkyl halides is 2. The summed E-state index contributed by atoms with van der Waals surface area (Å²) >= 11 is 0. The second kappa shape index (κ2) is 11.1. The van der Waals surface area contributed by atoms with E-state index in [-0.39, 0.29) is 12.4 Å². The third-order valence-electron chi connectivity index (χ3n) is 4.74. The number of rotatable bonds is 9. The van der Waals surface area contributed by atoms with Crippen LogP contribution in [-0.4, -0.2) is 37.5 Å². The Morgan fingerprint density at radius 3 is 2.38 bits per heavy atom. The maximum Gasteiger partial charge on any atom is 0.387 e. The summed E-state index contributed by atoms with van der Waals surface area (Å²) in [6.45, 7) is -3.22. The van der Waals surface area contributed by atoms with Crippen LogP contribution in [0.4, 0.5) is 19.3 Å². The molecule has 8 heteroatoms. The summed E-state index contributed by atoms with van der Waals surface area (Å²) in [5.41, 5.74) is 2.35. The molecule has 0 radical (unpaired) electrons. The fourth-order valence-electron chi connectivity index (χ4n) is 3.22. The number of nitrogens with one attached hydrogen (secondary N) is 2. The van der Waals surface area contributed by atoms with E-state index in [2.05, 4.69) is 15.4 Å². The van der Waals surface area contributed by atoms with Gasteiger partial charge < -0.3 is 25.2 Å². The fourth-order valence-corrected chi connectivity index (χ4v) is 3.22. The lowest BCUT2D eigenvalue weighted by atomic mass is 10.0. The highest BCUT2D eigenvalue weighted by atomic mass is 19.3. The van der Waals surface area contributed by atoms with Crippen LogP contribution >= 0.6 is 0 Å². The average molecular weight is 442 g/mol. The summed E-state index contributed by atoms with van der Waals surface area (Å²) in [4.78, 5) is 12.5. The van der Waals surface area contributed by atoms with Crippen molar-refractivity contribution in [3.05, 3.63) is 78.4 Å². The molecule has 6 nitrogen and oxygen atoms in total. The topological polar surface area (TPSA) is 79.8 Å². The highest BCUT2D eigenvalue weighted by Gasteiger charge is 2.15. The SMILES string of the molecule is COc1ccc(-c2cc(NC(=O)NC(CO)Cc3ccccc3)ccc2OC(F)F)cc1. The number of urea groups is 1. The molecule has 1 atom stereocenters. The van der Waals surface area contributed by atoms with Crippen molar-refractivity contribution in [2.75, 3.05) is 19.0 Å². The molecule has 0 aliphatic heterocycles. The van der Waals surface area contributed by atoms with Gasteiger partial charge in [0.05, 0.1) is 19.8 Å². The van der Waals surface area contributed by atoms with Gasteiger partial charge in [-0.05, 0) is 47.9 Å². The van der Waals surface area contributed by atoms with Crippen LogP contribution in [0.2, 0.25) is 0 Å². The number of carbonyl (C=O) groups excluding carboxylic acids is 1. The van der Waals surface area contributed by atoms with Gasteiger partial charge >= 0.3 is 12.6 Å². The molecule has 0 heterocycles. The predicted octanol–water partition coefficient (Wildman–Crippen LogP) is 4.69. The number of hydrogen-bond donors (Lipinski definition) is 3. The van der Waals surface area contributed by atoms with E-state index in [1.807, 2.05) is 30.3 Å². The highest BCUT2D eigenvalue weighted by Crippen LogP contribution is 2.34. The van der Waals surface area contributed by atoms with Gasteiger partial charge in [-0.1, -0.05) is 42.5 Å². The molecule has 0 spiro atoms. The minimum atomic E-state index is -2.99. The molecule has 1 unspecified atom stereocenters. The van der Waals surface area contributed by atoms with Gasteiger partial charge in [0.1, 0.15) is 11.5 Å². The Labute approximate surface area is 184 Å². The molecule has 0 bridgehead atoms. The summed E-state index contributed by atoms with van der Waals surface area (Å²) in [6, 6.07) is 19.7. The number of aliphatic hydroxyl groups is 1. The first-order valence-corrected chi connectivity index (χ1v) is 9.94. The molecule has 3 aromatic carbocycles. The zero-order chi connectivity index (χ0) is 22.9. The Balaban J connectivity index is 1.75. The van der Waals surface area contributed by atoms with E-state index < -0.39 is 18.7 Å². The van der Waals surface area contributed by atoms with Crippen LogP contribution < -0.4 is 20.1 Å². The van der Waals surface area contributed by atoms with Crippen molar-refractivity contribution in [1.82, 2.24) is 5.32 Å². The van der Waals surface area contributed by atoms with Crippen LogP contribution in [0, 0.1) is 0 Å². The van der Waals surface area contributed by atoms with Crippen LogP contribution in [0.25, 0.3) is 11.1 Å². The fraction of sp³-hybridized carbons (Fsp3) is 0.208. The molecule has 0 aliphatic rings. The van der Waals surface area contributed by atoms with Crippen molar-refractivity contribution in [1.29, 1.82) is 0 Å². The van der Waals surface area contributed by atoms with Gasteiger partial charge in [0.25, 0.3) is 0 Å². The Kier molecular flexibility index (Phi) is 7.99. The number of benzene rings is 3. The lowest BCUT2D eigenvalue weighted by molar-refractivity contribution is -0.0494. The second-order valence-electron chi connectivity index (χ2n) is 6.99. The summed E-state index contributed by atoms with van der Waals surface area (Å²) in [5, 5.41) is 15.0. The maximum absolute atomic E-state index is 12.9. The zero-order valence-electron chi connectivity index (χ0n) is 17.4. The average Bonchev–Trinajstić information content (AvgIpc) is 2.80. The number of methoxy groups -OCH3 is 1. The van der Waals surface area contributed by atoms with E-state index in [9.17, 15) is 18.7 Å². The van der Waals surface area contributed by atoms with E-state index in [1.54, 1.807) is 30.3 Å². The summed E-state index contributed by atoms with van der Waals surface area (Å²) in [7, 11) is 1.53. The molecule has 2 amide bonds. The molecule has 3 rings (SSSR count). The lowest BCUT2D eigenvalue weighted by Crippen LogP contribution is -2.41. The number of aliphatic hydroxyl groups excluding tert-OH is 1. The van der Waals surface area contributed by atoms with Gasteiger partial charge in [0, 0.05) is 11.3 Å². The smallest absolute Gasteiger partial charge is 0.387 e. The van der Waals surface area contributed by atoms with E-state index in [1.165, 1.54) is 19.2 Å². The molecule has 32 heavy (non-hydrogen) atoms. The molecule has 0 fully saturated rings. The highest BCUT2D eigenvalue weighted by molar-refractivity contribution is 5.91. The zero-order valence-corrected chi connectivity index (χ0v) is 17.4. The molecule has 3 N–H and O–H groups in total. The van der Waals surface area contributed by atoms with Crippen molar-refractivity contribution in [2.45, 2.75) is 19.1 Å². The number of amides is 2. The van der Waals surface area contributed by atoms with Crippen LogP contribution in [0.15, 0.2) is 72.8 Å². The molecule has 0 saturated carbocycles. The van der Waals surface area contributed by atoms with E-state index >= 15 is 0 Å². The Morgan fingerprint density at radius 1 is 1.03 bits per heavy atom. The minimum absolute atomic E-state index is 0.0200. The number of carbonyl (C=O) groups is 1. The molecular weight excluding hydrogens is 418 g/mol. The Bertz CT molecular complexity index is 1010. The van der Waals surface area contributed by atoms with Gasteiger partial charge in [-0.25, -0.2) is 4.79 Å². The molecule has 0 aromatic heterocycles. The second-order valence-corrected chi connectivity index (χ2v) is 6.99. The van der Waals surface area contributed by atoms with E-state index in [4.69, 9.17) is 4.74 Å². The summed E-state index contributed by atoms with van der Waals surface area (Å²) < 4.78 is 35.5. The monoisotopic (exact) mass is 442 g/mol. The van der Waals surface area contributed by atoms with Gasteiger partial charge in [-0.3, -0.25) is 0 Å². The summed E-state index contributed by atoms with van der Waals surface area (Å²) in [6.07, 6.45) is 0.461. The molecule has 168 valence electrons. The van der Waals surface area contributed by atoms with Crippen LogP contribution in [0.1, 0.15) is 5.56 Å². The van der Waals surface area contributed by atoms with Gasteiger partial charge in [0.2, 0.25) is 0 Å². The molecular formula is C24H24F2N2O4. The first-order chi connectivity index (χ1) is 15.5. The molecule has 0 saturated heterocycles. The van der Waals surface area contributed by atoms with Crippen molar-refractivity contribution in [3.8, 4) is 22.6 Å². The van der Waals surface area contributed by atoms with Crippen molar-refractivity contribution in [2.24, 2.45) is 0 Å². The first kappa shape index (κ1) is 23.0. The number of ether oxygens (including phenoxy) is 2. The Morgan fingerprint density at radius 2 is 1.75 bits per heavy atom. The normalized spacial score (nSPS) is 11.7. The van der Waals surface area contributed by atoms with Crippen molar-refractivity contribution >= 4 is 11.7 Å². The third kappa shape index (κ3) is 6.42.